The summed E-state index contributed by atoms with van der Waals surface area (Å²) in [5, 5.41) is 4.84. The van der Waals surface area contributed by atoms with Gasteiger partial charge in [-0.3, -0.25) is 4.79 Å². The molecule has 0 bridgehead atoms. The molecule has 2 rings (SSSR count). The van der Waals surface area contributed by atoms with Crippen LogP contribution in [0.5, 0.6) is 5.75 Å². The predicted octanol–water partition coefficient (Wildman–Crippen LogP) is 9.63. The minimum absolute atomic E-state index is 0.0366. The third-order valence-corrected chi connectivity index (χ3v) is 6.88. The van der Waals surface area contributed by atoms with Gasteiger partial charge in [0.05, 0.1) is 6.21 Å². The zero-order chi connectivity index (χ0) is 26.4. The summed E-state index contributed by atoms with van der Waals surface area (Å²) in [5.41, 5.74) is 4.51. The molecule has 1 amide bonds. The van der Waals surface area contributed by atoms with E-state index in [1.807, 2.05) is 48.5 Å². The molecule has 2 aromatic carbocycles. The second-order valence-electron chi connectivity index (χ2n) is 9.95. The van der Waals surface area contributed by atoms with Gasteiger partial charge < -0.3 is 4.74 Å². The second-order valence-corrected chi connectivity index (χ2v) is 10.4. The Morgan fingerprint density at radius 1 is 0.784 bits per heavy atom. The maximum Gasteiger partial charge on any atom is 0.240 e. The fourth-order valence-corrected chi connectivity index (χ4v) is 4.47. The van der Waals surface area contributed by atoms with Gasteiger partial charge in [-0.05, 0) is 36.2 Å². The minimum Gasteiger partial charge on any atom is -0.488 e. The van der Waals surface area contributed by atoms with Gasteiger partial charge in [-0.1, -0.05) is 133 Å². The minimum atomic E-state index is -0.0366. The lowest BCUT2D eigenvalue weighted by Crippen LogP contribution is -2.17. The van der Waals surface area contributed by atoms with Crippen molar-refractivity contribution in [3.8, 4) is 5.75 Å². The number of hydrogen-bond donors (Lipinski definition) is 1. The fourth-order valence-electron chi connectivity index (χ4n) is 4.35. The van der Waals surface area contributed by atoms with Crippen molar-refractivity contribution in [1.29, 1.82) is 0 Å². The van der Waals surface area contributed by atoms with Crippen molar-refractivity contribution in [1.82, 2.24) is 5.43 Å². The highest BCUT2D eigenvalue weighted by atomic mass is 35.5. The molecule has 0 saturated heterocycles. The van der Waals surface area contributed by atoms with E-state index in [1.165, 1.54) is 83.5 Å². The van der Waals surface area contributed by atoms with Gasteiger partial charge in [0.2, 0.25) is 5.91 Å². The normalized spacial score (nSPS) is 11.2. The molecule has 5 heteroatoms. The molecule has 0 aliphatic rings. The summed E-state index contributed by atoms with van der Waals surface area (Å²) in [6.45, 7) is 2.71. The number of hydrazone groups is 1. The van der Waals surface area contributed by atoms with Crippen LogP contribution >= 0.6 is 11.6 Å². The number of rotatable bonds is 21. The zero-order valence-corrected chi connectivity index (χ0v) is 23.6. The van der Waals surface area contributed by atoms with Crippen molar-refractivity contribution in [3.63, 3.8) is 0 Å². The molecule has 0 saturated carbocycles. The van der Waals surface area contributed by atoms with Crippen LogP contribution in [0.2, 0.25) is 5.02 Å². The number of carbonyl (C=O) groups excluding carboxylic acids is 1. The molecule has 0 atom stereocenters. The first kappa shape index (κ1) is 30.9. The van der Waals surface area contributed by atoms with Crippen molar-refractivity contribution in [2.24, 2.45) is 5.10 Å². The van der Waals surface area contributed by atoms with Gasteiger partial charge >= 0.3 is 0 Å². The molecule has 204 valence electrons. The van der Waals surface area contributed by atoms with Crippen LogP contribution in [0.4, 0.5) is 0 Å². The number of para-hydroxylation sites is 1. The van der Waals surface area contributed by atoms with E-state index in [2.05, 4.69) is 17.5 Å². The van der Waals surface area contributed by atoms with E-state index in [1.54, 1.807) is 6.21 Å². The van der Waals surface area contributed by atoms with Crippen molar-refractivity contribution in [3.05, 3.63) is 64.7 Å². The van der Waals surface area contributed by atoms with E-state index in [0.29, 0.717) is 18.1 Å². The maximum absolute atomic E-state index is 12.1. The molecule has 0 aliphatic heterocycles. The predicted molar refractivity (Wildman–Crippen MR) is 158 cm³/mol. The number of carbonyl (C=O) groups is 1. The molecule has 0 spiro atoms. The number of ether oxygens (including phenoxy) is 1. The summed E-state index contributed by atoms with van der Waals surface area (Å²) in [6.07, 6.45) is 22.0. The van der Waals surface area contributed by atoms with Crippen molar-refractivity contribution < 1.29 is 9.53 Å². The monoisotopic (exact) mass is 526 g/mol. The Morgan fingerprint density at radius 2 is 1.32 bits per heavy atom. The van der Waals surface area contributed by atoms with E-state index in [0.717, 1.165) is 29.7 Å². The topological polar surface area (TPSA) is 50.7 Å². The molecule has 37 heavy (non-hydrogen) atoms. The molecule has 0 aliphatic carbocycles. The fraction of sp³-hybridized carbons (Fsp3) is 0.562. The molecule has 0 aromatic heterocycles. The zero-order valence-electron chi connectivity index (χ0n) is 22.9. The Morgan fingerprint density at radius 3 is 1.92 bits per heavy atom. The van der Waals surface area contributed by atoms with E-state index < -0.39 is 0 Å². The molecule has 1 N–H and O–H groups in total. The number of amides is 1. The Kier molecular flexibility index (Phi) is 17.3. The Hall–Kier alpha value is -2.33. The smallest absolute Gasteiger partial charge is 0.240 e. The maximum atomic E-state index is 12.1. The van der Waals surface area contributed by atoms with Gasteiger partial charge in [-0.2, -0.15) is 5.10 Å². The van der Waals surface area contributed by atoms with E-state index in [4.69, 9.17) is 16.3 Å². The Balaban J connectivity index is 1.48. The van der Waals surface area contributed by atoms with Crippen LogP contribution in [0.1, 0.15) is 121 Å². The van der Waals surface area contributed by atoms with Gasteiger partial charge in [0.15, 0.2) is 0 Å². The number of halogens is 1. The summed E-state index contributed by atoms with van der Waals surface area (Å²) >= 11 is 5.94. The Labute approximate surface area is 230 Å². The largest absolute Gasteiger partial charge is 0.488 e. The van der Waals surface area contributed by atoms with Crippen LogP contribution in [-0.2, 0) is 11.4 Å². The van der Waals surface area contributed by atoms with Crippen LogP contribution in [0, 0.1) is 0 Å². The molecule has 2 aromatic rings. The van der Waals surface area contributed by atoms with Crippen LogP contribution in [0.25, 0.3) is 0 Å². The first-order valence-corrected chi connectivity index (χ1v) is 14.8. The third kappa shape index (κ3) is 15.5. The highest BCUT2D eigenvalue weighted by molar-refractivity contribution is 6.30. The first-order valence-electron chi connectivity index (χ1n) is 14.5. The number of nitrogens with one attached hydrogen (secondary N) is 1. The second kappa shape index (κ2) is 20.7. The lowest BCUT2D eigenvalue weighted by Gasteiger charge is -2.09. The summed E-state index contributed by atoms with van der Waals surface area (Å²) in [4.78, 5) is 12.1. The average molecular weight is 527 g/mol. The number of benzene rings is 2. The molecular weight excluding hydrogens is 480 g/mol. The summed E-state index contributed by atoms with van der Waals surface area (Å²) < 4.78 is 5.93. The van der Waals surface area contributed by atoms with Gasteiger partial charge in [-0.15, -0.1) is 0 Å². The van der Waals surface area contributed by atoms with E-state index in [-0.39, 0.29) is 5.91 Å². The molecule has 0 unspecified atom stereocenters. The summed E-state index contributed by atoms with van der Waals surface area (Å²) in [7, 11) is 0. The third-order valence-electron chi connectivity index (χ3n) is 6.63. The van der Waals surface area contributed by atoms with Gasteiger partial charge in [-0.25, -0.2) is 5.43 Å². The lowest BCUT2D eigenvalue weighted by atomic mass is 10.0. The molecule has 4 nitrogen and oxygen atoms in total. The van der Waals surface area contributed by atoms with Crippen LogP contribution in [0.15, 0.2) is 53.6 Å². The van der Waals surface area contributed by atoms with Crippen molar-refractivity contribution >= 4 is 23.7 Å². The van der Waals surface area contributed by atoms with Crippen LogP contribution < -0.4 is 10.2 Å². The van der Waals surface area contributed by atoms with Crippen molar-refractivity contribution in [2.45, 2.75) is 116 Å². The SMILES string of the molecule is CCCCCCCCCCCCCCCCCC(=O)NN=Cc1ccccc1OCc1ccc(Cl)cc1. The number of hydrogen-bond acceptors (Lipinski definition) is 3. The highest BCUT2D eigenvalue weighted by Gasteiger charge is 2.03. The van der Waals surface area contributed by atoms with Gasteiger partial charge in [0, 0.05) is 17.0 Å². The van der Waals surface area contributed by atoms with Crippen molar-refractivity contribution in [2.75, 3.05) is 0 Å². The summed E-state index contributed by atoms with van der Waals surface area (Å²) in [6, 6.07) is 15.2. The lowest BCUT2D eigenvalue weighted by molar-refractivity contribution is -0.121. The molecule has 0 heterocycles. The molecule has 0 radical (unpaired) electrons. The highest BCUT2D eigenvalue weighted by Crippen LogP contribution is 2.19. The first-order chi connectivity index (χ1) is 18.2. The number of nitrogens with zero attached hydrogens (tertiary/aromatic N) is 1. The van der Waals surface area contributed by atoms with Crippen LogP contribution in [0.3, 0.4) is 0 Å². The van der Waals surface area contributed by atoms with Crippen LogP contribution in [-0.4, -0.2) is 12.1 Å². The Bertz CT molecular complexity index is 883. The van der Waals surface area contributed by atoms with E-state index >= 15 is 0 Å². The summed E-state index contributed by atoms with van der Waals surface area (Å²) in [5.74, 6) is 0.684. The quantitative estimate of drug-likeness (QED) is 0.0999. The van der Waals surface area contributed by atoms with Gasteiger partial charge in [0.25, 0.3) is 0 Å². The average Bonchev–Trinajstić information content (AvgIpc) is 2.91. The number of unbranched alkanes of at least 4 members (excludes halogenated alkanes) is 14. The molecular formula is C32H47ClN2O2. The van der Waals surface area contributed by atoms with Gasteiger partial charge in [0.1, 0.15) is 12.4 Å². The standard InChI is InChI=1S/C32H47ClN2O2/c1-2-3-4-5-6-7-8-9-10-11-12-13-14-15-16-21-32(36)35-34-26-29-19-17-18-20-31(29)37-27-28-22-24-30(33)25-23-28/h17-20,22-26H,2-16,21,27H2,1H3,(H,35,36). The molecule has 0 fully saturated rings. The van der Waals surface area contributed by atoms with E-state index in [9.17, 15) is 4.79 Å².